The van der Waals surface area contributed by atoms with Crippen LogP contribution in [0.3, 0.4) is 0 Å². The zero-order valence-corrected chi connectivity index (χ0v) is 12.8. The maximum Gasteiger partial charge on any atom is 0.0249 e. The Morgan fingerprint density at radius 1 is 1.00 bits per heavy atom. The fourth-order valence-electron chi connectivity index (χ4n) is 3.86. The minimum Gasteiger partial charge on any atom is -0.315 e. The summed E-state index contributed by atoms with van der Waals surface area (Å²) in [6.07, 6.45) is 8.46. The molecule has 1 N–H and O–H groups in total. The molecular formula is C16H32N2. The number of hydrogen-bond donors (Lipinski definition) is 1. The van der Waals surface area contributed by atoms with E-state index in [0.717, 1.165) is 18.0 Å². The number of hydrogen-bond acceptors (Lipinski definition) is 2. The van der Waals surface area contributed by atoms with Crippen molar-refractivity contribution in [3.05, 3.63) is 0 Å². The van der Waals surface area contributed by atoms with Crippen LogP contribution < -0.4 is 5.32 Å². The fraction of sp³-hybridized carbons (Fsp3) is 1.00. The first-order valence-electron chi connectivity index (χ1n) is 7.93. The average molecular weight is 252 g/mol. The first-order chi connectivity index (χ1) is 8.52. The molecule has 18 heavy (non-hydrogen) atoms. The molecule has 0 spiro atoms. The fourth-order valence-corrected chi connectivity index (χ4v) is 3.86. The Hall–Kier alpha value is -0.0800. The van der Waals surface area contributed by atoms with E-state index in [1.165, 1.54) is 51.6 Å². The molecule has 1 heterocycles. The third kappa shape index (κ3) is 3.27. The van der Waals surface area contributed by atoms with Gasteiger partial charge in [0.05, 0.1) is 0 Å². The Bertz CT molecular complexity index is 256. The average Bonchev–Trinajstić information content (AvgIpc) is 2.68. The van der Waals surface area contributed by atoms with E-state index >= 15 is 0 Å². The van der Waals surface area contributed by atoms with Crippen LogP contribution in [-0.4, -0.2) is 37.1 Å². The van der Waals surface area contributed by atoms with Crippen molar-refractivity contribution in [3.8, 4) is 0 Å². The van der Waals surface area contributed by atoms with Crippen molar-refractivity contribution in [2.24, 2.45) is 11.3 Å². The van der Waals surface area contributed by atoms with Crippen molar-refractivity contribution >= 4 is 0 Å². The van der Waals surface area contributed by atoms with E-state index in [1.807, 2.05) is 0 Å². The summed E-state index contributed by atoms with van der Waals surface area (Å²) in [6, 6.07) is 1.52. The Balaban J connectivity index is 1.98. The van der Waals surface area contributed by atoms with Crippen LogP contribution in [0.4, 0.5) is 0 Å². The van der Waals surface area contributed by atoms with Crippen LogP contribution in [-0.2, 0) is 0 Å². The second-order valence-electron chi connectivity index (χ2n) is 7.45. The lowest BCUT2D eigenvalue weighted by Crippen LogP contribution is -2.48. The molecule has 1 aliphatic heterocycles. The van der Waals surface area contributed by atoms with Crippen LogP contribution in [0.15, 0.2) is 0 Å². The second kappa shape index (κ2) is 5.92. The van der Waals surface area contributed by atoms with Gasteiger partial charge in [0.1, 0.15) is 0 Å². The first-order valence-corrected chi connectivity index (χ1v) is 7.93. The van der Waals surface area contributed by atoms with Crippen LogP contribution in [0.2, 0.25) is 0 Å². The zero-order chi connectivity index (χ0) is 13.2. The number of likely N-dealkylation sites (N-methyl/N-ethyl adjacent to an activating group) is 1. The molecule has 0 amide bonds. The van der Waals surface area contributed by atoms with Gasteiger partial charge in [0, 0.05) is 18.6 Å². The predicted molar refractivity (Wildman–Crippen MR) is 78.9 cm³/mol. The third-order valence-electron chi connectivity index (χ3n) is 5.26. The molecule has 0 bridgehead atoms. The van der Waals surface area contributed by atoms with Gasteiger partial charge in [0.25, 0.3) is 0 Å². The highest BCUT2D eigenvalue weighted by molar-refractivity contribution is 4.92. The molecule has 0 aromatic rings. The standard InChI is InChI=1S/C16H32N2/c1-16(2,3)13-10-11-18(12-13)15-9-7-5-6-8-14(15)17-4/h13-15,17H,5-12H2,1-4H3. The minimum atomic E-state index is 0.481. The largest absolute Gasteiger partial charge is 0.315 e. The summed E-state index contributed by atoms with van der Waals surface area (Å²) in [7, 11) is 2.15. The van der Waals surface area contributed by atoms with Crippen LogP contribution in [0.5, 0.6) is 0 Å². The van der Waals surface area contributed by atoms with Gasteiger partial charge in [0.15, 0.2) is 0 Å². The van der Waals surface area contributed by atoms with Gasteiger partial charge >= 0.3 is 0 Å². The van der Waals surface area contributed by atoms with Crippen molar-refractivity contribution in [3.63, 3.8) is 0 Å². The van der Waals surface area contributed by atoms with Crippen LogP contribution in [0, 0.1) is 11.3 Å². The van der Waals surface area contributed by atoms with E-state index in [1.54, 1.807) is 0 Å². The maximum atomic E-state index is 3.58. The minimum absolute atomic E-state index is 0.481. The molecule has 2 heteroatoms. The van der Waals surface area contributed by atoms with Gasteiger partial charge in [-0.15, -0.1) is 0 Å². The molecule has 0 aromatic heterocycles. The summed E-state index contributed by atoms with van der Waals surface area (Å²) >= 11 is 0. The van der Waals surface area contributed by atoms with Gasteiger partial charge < -0.3 is 5.32 Å². The summed E-state index contributed by atoms with van der Waals surface area (Å²) in [5, 5.41) is 3.58. The zero-order valence-electron chi connectivity index (χ0n) is 12.8. The summed E-state index contributed by atoms with van der Waals surface area (Å²) in [6.45, 7) is 9.87. The van der Waals surface area contributed by atoms with E-state index in [4.69, 9.17) is 0 Å². The van der Waals surface area contributed by atoms with Gasteiger partial charge in [0.2, 0.25) is 0 Å². The lowest BCUT2D eigenvalue weighted by atomic mass is 9.80. The SMILES string of the molecule is CNC1CCCCCC1N1CCC(C(C)(C)C)C1. The Labute approximate surface area is 114 Å². The Kier molecular flexibility index (Phi) is 4.71. The number of nitrogens with zero attached hydrogens (tertiary/aromatic N) is 1. The highest BCUT2D eigenvalue weighted by Gasteiger charge is 2.37. The molecule has 1 saturated carbocycles. The lowest BCUT2D eigenvalue weighted by molar-refractivity contribution is 0.159. The first kappa shape index (κ1) is 14.3. The molecule has 1 aliphatic carbocycles. The normalized spacial score (nSPS) is 35.7. The number of likely N-dealkylation sites (tertiary alicyclic amines) is 1. The quantitative estimate of drug-likeness (QED) is 0.759. The molecule has 106 valence electrons. The van der Waals surface area contributed by atoms with Crippen LogP contribution in [0.25, 0.3) is 0 Å². The van der Waals surface area contributed by atoms with E-state index in [0.29, 0.717) is 5.41 Å². The second-order valence-corrected chi connectivity index (χ2v) is 7.45. The molecule has 3 atom stereocenters. The summed E-state index contributed by atoms with van der Waals surface area (Å²) in [4.78, 5) is 2.79. The van der Waals surface area contributed by atoms with Crippen molar-refractivity contribution in [2.75, 3.05) is 20.1 Å². The van der Waals surface area contributed by atoms with E-state index in [9.17, 15) is 0 Å². The van der Waals surface area contributed by atoms with Crippen LogP contribution >= 0.6 is 0 Å². The monoisotopic (exact) mass is 252 g/mol. The smallest absolute Gasteiger partial charge is 0.0249 e. The molecular weight excluding hydrogens is 220 g/mol. The van der Waals surface area contributed by atoms with Crippen molar-refractivity contribution in [2.45, 2.75) is 71.4 Å². The van der Waals surface area contributed by atoms with Crippen molar-refractivity contribution < 1.29 is 0 Å². The molecule has 0 radical (unpaired) electrons. The van der Waals surface area contributed by atoms with E-state index in [-0.39, 0.29) is 0 Å². The number of rotatable bonds is 2. The van der Waals surface area contributed by atoms with Gasteiger partial charge in [-0.1, -0.05) is 40.0 Å². The molecule has 2 rings (SSSR count). The summed E-state index contributed by atoms with van der Waals surface area (Å²) in [5.74, 6) is 0.887. The lowest BCUT2D eigenvalue weighted by Gasteiger charge is -2.34. The highest BCUT2D eigenvalue weighted by Crippen LogP contribution is 2.36. The molecule has 0 aromatic carbocycles. The van der Waals surface area contributed by atoms with Gasteiger partial charge in [-0.25, -0.2) is 0 Å². The molecule has 2 fully saturated rings. The van der Waals surface area contributed by atoms with Crippen molar-refractivity contribution in [1.82, 2.24) is 10.2 Å². The predicted octanol–water partition coefficient (Wildman–Crippen LogP) is 3.28. The topological polar surface area (TPSA) is 15.3 Å². The third-order valence-corrected chi connectivity index (χ3v) is 5.26. The number of nitrogens with one attached hydrogen (secondary N) is 1. The Morgan fingerprint density at radius 2 is 1.72 bits per heavy atom. The Morgan fingerprint density at radius 3 is 2.33 bits per heavy atom. The summed E-state index contributed by atoms with van der Waals surface area (Å²) in [5.41, 5.74) is 0.481. The van der Waals surface area contributed by atoms with Gasteiger partial charge in [-0.3, -0.25) is 4.90 Å². The summed E-state index contributed by atoms with van der Waals surface area (Å²) < 4.78 is 0. The van der Waals surface area contributed by atoms with Crippen molar-refractivity contribution in [1.29, 1.82) is 0 Å². The van der Waals surface area contributed by atoms with E-state index in [2.05, 4.69) is 38.0 Å². The molecule has 2 nitrogen and oxygen atoms in total. The van der Waals surface area contributed by atoms with Crippen LogP contribution in [0.1, 0.15) is 59.3 Å². The molecule has 1 saturated heterocycles. The van der Waals surface area contributed by atoms with Gasteiger partial charge in [-0.05, 0) is 44.2 Å². The molecule has 3 unspecified atom stereocenters. The molecule has 2 aliphatic rings. The highest BCUT2D eigenvalue weighted by atomic mass is 15.2. The maximum absolute atomic E-state index is 3.58. The van der Waals surface area contributed by atoms with Gasteiger partial charge in [-0.2, -0.15) is 0 Å². The van der Waals surface area contributed by atoms with E-state index < -0.39 is 0 Å².